The molecule has 0 radical (unpaired) electrons. The second kappa shape index (κ2) is 7.48. The predicted octanol–water partition coefficient (Wildman–Crippen LogP) is 3.14. The van der Waals surface area contributed by atoms with Crippen LogP contribution in [-0.4, -0.2) is 49.6 Å². The number of epoxide rings is 2. The van der Waals surface area contributed by atoms with Gasteiger partial charge in [-0.2, -0.15) is 0 Å². The first-order valence-electron chi connectivity index (χ1n) is 10.4. The van der Waals surface area contributed by atoms with Gasteiger partial charge in [0.15, 0.2) is 0 Å². The van der Waals surface area contributed by atoms with E-state index in [2.05, 4.69) is 0 Å². The first-order chi connectivity index (χ1) is 13.7. The molecule has 0 amide bonds. The zero-order valence-corrected chi connectivity index (χ0v) is 15.9. The number of benzene rings is 1. The smallest absolute Gasteiger partial charge is 0.338 e. The van der Waals surface area contributed by atoms with Crippen LogP contribution in [0.3, 0.4) is 0 Å². The molecule has 6 unspecified atom stereocenters. The maximum atomic E-state index is 12.2. The van der Waals surface area contributed by atoms with Crippen LogP contribution in [0, 0.1) is 11.8 Å². The first kappa shape index (κ1) is 18.1. The van der Waals surface area contributed by atoms with Gasteiger partial charge in [-0.15, -0.1) is 0 Å². The van der Waals surface area contributed by atoms with E-state index in [0.29, 0.717) is 60.6 Å². The van der Waals surface area contributed by atoms with Crippen LogP contribution < -0.4 is 0 Å². The molecule has 150 valence electrons. The molecule has 6 heteroatoms. The van der Waals surface area contributed by atoms with Crippen molar-refractivity contribution in [2.75, 3.05) is 13.2 Å². The van der Waals surface area contributed by atoms with Crippen LogP contribution in [0.25, 0.3) is 0 Å². The molecule has 0 N–H and O–H groups in total. The Bertz CT molecular complexity index is 681. The van der Waals surface area contributed by atoms with Crippen molar-refractivity contribution in [2.45, 2.75) is 62.9 Å². The van der Waals surface area contributed by atoms with Gasteiger partial charge >= 0.3 is 11.9 Å². The van der Waals surface area contributed by atoms with Gasteiger partial charge in [0.1, 0.15) is 0 Å². The van der Waals surface area contributed by atoms with E-state index in [0.717, 1.165) is 38.5 Å². The van der Waals surface area contributed by atoms with Gasteiger partial charge in [-0.05, 0) is 74.6 Å². The minimum absolute atomic E-state index is 0.347. The fourth-order valence-electron chi connectivity index (χ4n) is 4.57. The molecular formula is C22H26O6. The maximum absolute atomic E-state index is 12.2. The number of rotatable bonds is 6. The molecule has 2 saturated carbocycles. The fraction of sp³-hybridized carbons (Fsp3) is 0.636. The van der Waals surface area contributed by atoms with Crippen LogP contribution in [0.2, 0.25) is 0 Å². The summed E-state index contributed by atoms with van der Waals surface area (Å²) in [6, 6.07) is 6.51. The summed E-state index contributed by atoms with van der Waals surface area (Å²) < 4.78 is 21.9. The van der Waals surface area contributed by atoms with Gasteiger partial charge in [-0.25, -0.2) is 9.59 Å². The molecule has 2 saturated heterocycles. The number of esters is 2. The maximum Gasteiger partial charge on any atom is 0.338 e. The highest BCUT2D eigenvalue weighted by atomic mass is 16.6. The molecule has 4 fully saturated rings. The standard InChI is InChI=1S/C22H26O6/c23-21(25-11-13-1-7-17-19(9-13)27-17)15-3-5-16(6-4-15)22(24)26-12-14-2-8-18-20(10-14)28-18/h3-6,13-14,17-20H,1-2,7-12H2. The number of carbonyl (C=O) groups is 2. The molecule has 0 bridgehead atoms. The summed E-state index contributed by atoms with van der Waals surface area (Å²) in [6.07, 6.45) is 7.88. The first-order valence-corrected chi connectivity index (χ1v) is 10.4. The Morgan fingerprint density at radius 3 is 1.54 bits per heavy atom. The summed E-state index contributed by atoms with van der Waals surface area (Å²) in [5, 5.41) is 0. The predicted molar refractivity (Wildman–Crippen MR) is 99.0 cm³/mol. The fourth-order valence-corrected chi connectivity index (χ4v) is 4.57. The third kappa shape index (κ3) is 4.08. The van der Waals surface area contributed by atoms with E-state index in [1.807, 2.05) is 0 Å². The van der Waals surface area contributed by atoms with Gasteiger partial charge in [-0.3, -0.25) is 0 Å². The summed E-state index contributed by atoms with van der Waals surface area (Å²) >= 11 is 0. The highest BCUT2D eigenvalue weighted by Crippen LogP contribution is 2.40. The number of carbonyl (C=O) groups excluding carboxylic acids is 2. The highest BCUT2D eigenvalue weighted by Gasteiger charge is 2.44. The Hall–Kier alpha value is -1.92. The van der Waals surface area contributed by atoms with Crippen molar-refractivity contribution in [1.29, 1.82) is 0 Å². The van der Waals surface area contributed by atoms with Crippen LogP contribution in [0.5, 0.6) is 0 Å². The minimum Gasteiger partial charge on any atom is -0.462 e. The monoisotopic (exact) mass is 386 g/mol. The minimum atomic E-state index is -0.347. The molecule has 0 aromatic heterocycles. The lowest BCUT2D eigenvalue weighted by Gasteiger charge is -2.19. The van der Waals surface area contributed by atoms with Crippen molar-refractivity contribution in [2.24, 2.45) is 11.8 Å². The third-order valence-electron chi connectivity index (χ3n) is 6.48. The molecule has 6 atom stereocenters. The second-order valence-corrected chi connectivity index (χ2v) is 8.56. The van der Waals surface area contributed by atoms with Crippen molar-refractivity contribution in [1.82, 2.24) is 0 Å². The summed E-state index contributed by atoms with van der Waals surface area (Å²) in [5.41, 5.74) is 0.911. The van der Waals surface area contributed by atoms with Gasteiger partial charge in [0, 0.05) is 0 Å². The van der Waals surface area contributed by atoms with Crippen LogP contribution in [0.15, 0.2) is 24.3 Å². The summed E-state index contributed by atoms with van der Waals surface area (Å²) in [6.45, 7) is 0.865. The topological polar surface area (TPSA) is 77.7 Å². The zero-order chi connectivity index (χ0) is 19.1. The van der Waals surface area contributed by atoms with Crippen molar-refractivity contribution in [3.63, 3.8) is 0 Å². The molecule has 2 aliphatic heterocycles. The van der Waals surface area contributed by atoms with Crippen molar-refractivity contribution >= 4 is 11.9 Å². The number of hydrogen-bond acceptors (Lipinski definition) is 6. The Kier molecular flexibility index (Phi) is 4.85. The largest absolute Gasteiger partial charge is 0.462 e. The van der Waals surface area contributed by atoms with Crippen LogP contribution in [0.1, 0.15) is 59.2 Å². The molecule has 1 aromatic carbocycles. The number of hydrogen-bond donors (Lipinski definition) is 0. The van der Waals surface area contributed by atoms with Gasteiger partial charge in [0.25, 0.3) is 0 Å². The molecule has 28 heavy (non-hydrogen) atoms. The summed E-state index contributed by atoms with van der Waals surface area (Å²) in [7, 11) is 0. The zero-order valence-electron chi connectivity index (χ0n) is 15.9. The summed E-state index contributed by atoms with van der Waals surface area (Å²) in [5.74, 6) is 0.0796. The Labute approximate surface area is 164 Å². The number of fused-ring (bicyclic) bond motifs is 2. The van der Waals surface area contributed by atoms with E-state index >= 15 is 0 Å². The van der Waals surface area contributed by atoms with Crippen LogP contribution in [0.4, 0.5) is 0 Å². The van der Waals surface area contributed by atoms with E-state index in [1.165, 1.54) is 0 Å². The molecule has 6 nitrogen and oxygen atoms in total. The molecule has 0 spiro atoms. The van der Waals surface area contributed by atoms with Gasteiger partial charge in [0.2, 0.25) is 0 Å². The van der Waals surface area contributed by atoms with Crippen molar-refractivity contribution in [3.05, 3.63) is 35.4 Å². The SMILES string of the molecule is O=C(OCC1CCC2OC2C1)c1ccc(C(=O)OCC2CCC3OC3C2)cc1. The highest BCUT2D eigenvalue weighted by molar-refractivity contribution is 5.93. The van der Waals surface area contributed by atoms with E-state index in [1.54, 1.807) is 24.3 Å². The van der Waals surface area contributed by atoms with Gasteiger partial charge in [-0.1, -0.05) is 0 Å². The van der Waals surface area contributed by atoms with Gasteiger partial charge < -0.3 is 18.9 Å². The molecule has 2 heterocycles. The molecule has 4 aliphatic rings. The summed E-state index contributed by atoms with van der Waals surface area (Å²) in [4.78, 5) is 24.5. The van der Waals surface area contributed by atoms with Crippen LogP contribution in [-0.2, 0) is 18.9 Å². The average molecular weight is 386 g/mol. The lowest BCUT2D eigenvalue weighted by molar-refractivity contribution is 0.0402. The van der Waals surface area contributed by atoms with Gasteiger partial charge in [0.05, 0.1) is 48.8 Å². The Morgan fingerprint density at radius 2 is 1.14 bits per heavy atom. The molecule has 1 aromatic rings. The quantitative estimate of drug-likeness (QED) is 0.552. The lowest BCUT2D eigenvalue weighted by Crippen LogP contribution is -2.21. The molecular weight excluding hydrogens is 360 g/mol. The normalized spacial score (nSPS) is 35.3. The lowest BCUT2D eigenvalue weighted by atomic mass is 9.90. The van der Waals surface area contributed by atoms with Crippen molar-refractivity contribution < 1.29 is 28.5 Å². The van der Waals surface area contributed by atoms with Crippen LogP contribution >= 0.6 is 0 Å². The van der Waals surface area contributed by atoms with E-state index in [4.69, 9.17) is 18.9 Å². The van der Waals surface area contributed by atoms with E-state index in [-0.39, 0.29) is 11.9 Å². The Morgan fingerprint density at radius 1 is 0.714 bits per heavy atom. The third-order valence-corrected chi connectivity index (χ3v) is 6.48. The van der Waals surface area contributed by atoms with Crippen molar-refractivity contribution in [3.8, 4) is 0 Å². The average Bonchev–Trinajstić information content (AvgIpc) is 3.64. The second-order valence-electron chi connectivity index (χ2n) is 8.56. The molecule has 2 aliphatic carbocycles. The number of ether oxygens (including phenoxy) is 4. The Balaban J connectivity index is 1.07. The van der Waals surface area contributed by atoms with E-state index < -0.39 is 0 Å². The van der Waals surface area contributed by atoms with E-state index in [9.17, 15) is 9.59 Å². The molecule has 5 rings (SSSR count).